The van der Waals surface area contributed by atoms with Gasteiger partial charge in [0.1, 0.15) is 5.75 Å². The first-order valence-corrected chi connectivity index (χ1v) is 17.0. The van der Waals surface area contributed by atoms with Gasteiger partial charge in [-0.2, -0.15) is 0 Å². The molecule has 5 aromatic carbocycles. The van der Waals surface area contributed by atoms with Gasteiger partial charge in [0.05, 0.1) is 0 Å². The molecule has 2 atom stereocenters. The SMILES string of the molecule is O=C(Oc1ccccc1)N1CC(P(c2ccccc2)c2ccccc2)CC1CP(c1ccccc1)c1ccccc1. The van der Waals surface area contributed by atoms with E-state index in [0.717, 1.165) is 12.6 Å². The first-order valence-electron chi connectivity index (χ1n) is 14.1. The van der Waals surface area contributed by atoms with Gasteiger partial charge in [0.15, 0.2) is 0 Å². The number of hydrogen-bond acceptors (Lipinski definition) is 2. The summed E-state index contributed by atoms with van der Waals surface area (Å²) in [5.74, 6) is 0.585. The number of rotatable bonds is 8. The lowest BCUT2D eigenvalue weighted by Crippen LogP contribution is -2.40. The molecular weight excluding hydrogens is 540 g/mol. The fourth-order valence-corrected chi connectivity index (χ4v) is 11.1. The van der Waals surface area contributed by atoms with Crippen LogP contribution in [-0.4, -0.2) is 35.4 Å². The minimum absolute atomic E-state index is 0.0696. The lowest BCUT2D eigenvalue weighted by Gasteiger charge is -2.28. The van der Waals surface area contributed by atoms with Gasteiger partial charge in [-0.05, 0) is 61.8 Å². The number of nitrogens with zero attached hydrogens (tertiary/aromatic N) is 1. The summed E-state index contributed by atoms with van der Waals surface area (Å²) in [6.07, 6.45) is 1.59. The van der Waals surface area contributed by atoms with Crippen molar-refractivity contribution in [2.45, 2.75) is 18.1 Å². The number of carbonyl (C=O) groups excluding carboxylic acids is 1. The monoisotopic (exact) mass is 573 g/mol. The Hall–Kier alpha value is -3.77. The molecule has 1 amide bonds. The largest absolute Gasteiger partial charge is 0.415 e. The third kappa shape index (κ3) is 6.59. The molecule has 5 aromatic rings. The number of likely N-dealkylation sites (tertiary alicyclic amines) is 1. The number of carbonyl (C=O) groups is 1. The Morgan fingerprint density at radius 1 is 0.610 bits per heavy atom. The van der Waals surface area contributed by atoms with Crippen LogP contribution in [0.5, 0.6) is 5.75 Å². The maximum atomic E-state index is 13.8. The molecule has 0 spiro atoms. The number of para-hydroxylation sites is 1. The summed E-state index contributed by atoms with van der Waals surface area (Å²) in [7, 11) is -1.33. The Kier molecular flexibility index (Phi) is 8.86. The van der Waals surface area contributed by atoms with E-state index in [0.29, 0.717) is 18.0 Å². The van der Waals surface area contributed by atoms with Crippen molar-refractivity contribution in [3.63, 3.8) is 0 Å². The number of hydrogen-bond donors (Lipinski definition) is 0. The van der Waals surface area contributed by atoms with Gasteiger partial charge < -0.3 is 9.64 Å². The van der Waals surface area contributed by atoms with Crippen molar-refractivity contribution in [3.8, 4) is 5.75 Å². The Balaban J connectivity index is 1.36. The summed E-state index contributed by atoms with van der Waals surface area (Å²) in [6, 6.07) is 52.8. The molecule has 204 valence electrons. The molecule has 3 nitrogen and oxygen atoms in total. The van der Waals surface area contributed by atoms with Gasteiger partial charge in [0, 0.05) is 18.2 Å². The Bertz CT molecular complexity index is 1440. The van der Waals surface area contributed by atoms with Crippen molar-refractivity contribution in [2.75, 3.05) is 12.7 Å². The normalized spacial score (nSPS) is 16.7. The second-order valence-corrected chi connectivity index (χ2v) is 15.0. The van der Waals surface area contributed by atoms with E-state index in [1.807, 2.05) is 35.2 Å². The Labute approximate surface area is 245 Å². The molecular formula is C36H33NO2P2. The predicted octanol–water partition coefficient (Wildman–Crippen LogP) is 6.89. The molecule has 1 aliphatic rings. The van der Waals surface area contributed by atoms with Crippen LogP contribution in [0.2, 0.25) is 0 Å². The van der Waals surface area contributed by atoms with E-state index >= 15 is 0 Å². The van der Waals surface area contributed by atoms with Crippen LogP contribution in [-0.2, 0) is 0 Å². The molecule has 1 saturated heterocycles. The predicted molar refractivity (Wildman–Crippen MR) is 174 cm³/mol. The summed E-state index contributed by atoms with van der Waals surface area (Å²) in [5.41, 5.74) is 0.325. The van der Waals surface area contributed by atoms with Crippen LogP contribution in [0.25, 0.3) is 0 Å². The molecule has 0 aromatic heterocycles. The van der Waals surface area contributed by atoms with Gasteiger partial charge >= 0.3 is 6.09 Å². The molecule has 1 fully saturated rings. The van der Waals surface area contributed by atoms with E-state index < -0.39 is 15.8 Å². The van der Waals surface area contributed by atoms with E-state index in [1.165, 1.54) is 21.2 Å². The van der Waals surface area contributed by atoms with E-state index in [1.54, 1.807) is 0 Å². The smallest absolute Gasteiger partial charge is 0.410 e. The highest BCUT2D eigenvalue weighted by Crippen LogP contribution is 2.48. The lowest BCUT2D eigenvalue weighted by molar-refractivity contribution is 0.151. The van der Waals surface area contributed by atoms with E-state index in [2.05, 4.69) is 121 Å². The minimum atomic E-state index is -0.665. The van der Waals surface area contributed by atoms with Crippen molar-refractivity contribution in [2.24, 2.45) is 0 Å². The van der Waals surface area contributed by atoms with Crippen molar-refractivity contribution < 1.29 is 9.53 Å². The van der Waals surface area contributed by atoms with Crippen molar-refractivity contribution in [1.82, 2.24) is 4.90 Å². The molecule has 0 saturated carbocycles. The highest BCUT2D eigenvalue weighted by Gasteiger charge is 2.42. The summed E-state index contributed by atoms with van der Waals surface area (Å²) < 4.78 is 5.96. The van der Waals surface area contributed by atoms with E-state index in [9.17, 15) is 4.79 Å². The molecule has 0 aliphatic carbocycles. The van der Waals surface area contributed by atoms with Crippen LogP contribution in [0, 0.1) is 0 Å². The lowest BCUT2D eigenvalue weighted by atomic mass is 10.2. The summed E-state index contributed by atoms with van der Waals surface area (Å²) in [4.78, 5) is 15.9. The summed E-state index contributed by atoms with van der Waals surface area (Å²) in [6.45, 7) is 0.679. The average molecular weight is 574 g/mol. The summed E-state index contributed by atoms with van der Waals surface area (Å²) in [5, 5.41) is 5.37. The topological polar surface area (TPSA) is 29.5 Å². The van der Waals surface area contributed by atoms with Crippen molar-refractivity contribution in [1.29, 1.82) is 0 Å². The van der Waals surface area contributed by atoms with E-state index in [-0.39, 0.29) is 12.1 Å². The zero-order valence-electron chi connectivity index (χ0n) is 22.9. The van der Waals surface area contributed by atoms with Crippen LogP contribution in [0.15, 0.2) is 152 Å². The fraction of sp³-hybridized carbons (Fsp3) is 0.139. The Morgan fingerprint density at radius 2 is 1.02 bits per heavy atom. The maximum absolute atomic E-state index is 13.8. The quantitative estimate of drug-likeness (QED) is 0.189. The van der Waals surface area contributed by atoms with Crippen LogP contribution in [0.3, 0.4) is 0 Å². The van der Waals surface area contributed by atoms with Crippen LogP contribution >= 0.6 is 15.8 Å². The Morgan fingerprint density at radius 3 is 1.49 bits per heavy atom. The third-order valence-electron chi connectivity index (χ3n) is 7.54. The standard InChI is InChI=1S/C36H33NO2P2/c38-36(39-30-16-6-1-7-17-30)37-27-35(41(33-22-12-4-13-23-33)34-24-14-5-15-25-34)26-29(37)28-40(31-18-8-2-9-19-31)32-20-10-3-11-21-32/h1-25,29,35H,26-28H2. The average Bonchev–Trinajstić information content (AvgIpc) is 3.46. The molecule has 2 unspecified atom stereocenters. The molecule has 1 heterocycles. The van der Waals surface area contributed by atoms with Crippen molar-refractivity contribution >= 4 is 43.2 Å². The van der Waals surface area contributed by atoms with Gasteiger partial charge in [-0.15, -0.1) is 0 Å². The molecule has 0 bridgehead atoms. The first kappa shape index (κ1) is 27.4. The zero-order valence-corrected chi connectivity index (χ0v) is 24.7. The fourth-order valence-electron chi connectivity index (χ4n) is 5.66. The third-order valence-corrected chi connectivity index (χ3v) is 13.0. The molecule has 5 heteroatoms. The van der Waals surface area contributed by atoms with Gasteiger partial charge in [-0.3, -0.25) is 0 Å². The van der Waals surface area contributed by atoms with Crippen molar-refractivity contribution in [3.05, 3.63) is 152 Å². The second-order valence-electron chi connectivity index (χ2n) is 10.2. The highest BCUT2D eigenvalue weighted by atomic mass is 31.1. The maximum Gasteiger partial charge on any atom is 0.415 e. The van der Waals surface area contributed by atoms with E-state index in [4.69, 9.17) is 4.74 Å². The second kappa shape index (κ2) is 13.3. The van der Waals surface area contributed by atoms with Crippen LogP contribution in [0.4, 0.5) is 4.79 Å². The van der Waals surface area contributed by atoms with Gasteiger partial charge in [0.25, 0.3) is 0 Å². The highest BCUT2D eigenvalue weighted by molar-refractivity contribution is 7.74. The molecule has 0 radical (unpaired) electrons. The van der Waals surface area contributed by atoms with Gasteiger partial charge in [-0.25, -0.2) is 4.79 Å². The molecule has 41 heavy (non-hydrogen) atoms. The first-order chi connectivity index (χ1) is 20.3. The van der Waals surface area contributed by atoms with Crippen LogP contribution < -0.4 is 26.0 Å². The number of ether oxygens (including phenoxy) is 1. The van der Waals surface area contributed by atoms with Crippen LogP contribution in [0.1, 0.15) is 6.42 Å². The minimum Gasteiger partial charge on any atom is -0.410 e. The molecule has 0 N–H and O–H groups in total. The molecule has 6 rings (SSSR count). The molecule has 1 aliphatic heterocycles. The zero-order chi connectivity index (χ0) is 27.9. The summed E-state index contributed by atoms with van der Waals surface area (Å²) >= 11 is 0. The number of benzene rings is 5. The number of amides is 1. The van der Waals surface area contributed by atoms with Gasteiger partial charge in [0.2, 0.25) is 0 Å². The van der Waals surface area contributed by atoms with Gasteiger partial charge in [-0.1, -0.05) is 140 Å².